The zero-order valence-electron chi connectivity index (χ0n) is 12.6. The van der Waals surface area contributed by atoms with Crippen molar-refractivity contribution in [2.45, 2.75) is 17.5 Å². The van der Waals surface area contributed by atoms with Gasteiger partial charge in [-0.05, 0) is 53.3 Å². The smallest absolute Gasteiger partial charge is 0.251 e. The average Bonchev–Trinajstić information content (AvgIpc) is 2.61. The van der Waals surface area contributed by atoms with Crippen LogP contribution in [0.2, 0.25) is 5.02 Å². The molecule has 1 amide bonds. The molecule has 0 bridgehead atoms. The molecule has 120 valence electrons. The van der Waals surface area contributed by atoms with E-state index in [1.54, 1.807) is 0 Å². The van der Waals surface area contributed by atoms with Gasteiger partial charge in [-0.3, -0.25) is 4.79 Å². The molecule has 1 aliphatic rings. The van der Waals surface area contributed by atoms with Crippen LogP contribution in [0, 0.1) is 0 Å². The van der Waals surface area contributed by atoms with Crippen LogP contribution in [0.25, 0.3) is 0 Å². The quantitative estimate of drug-likeness (QED) is 0.815. The molecule has 2 aromatic rings. The summed E-state index contributed by atoms with van der Waals surface area (Å²) in [6.07, 6.45) is 1.29. The highest BCUT2D eigenvalue weighted by Crippen LogP contribution is 2.43. The first kappa shape index (κ1) is 16.7. The van der Waals surface area contributed by atoms with Crippen molar-refractivity contribution in [1.29, 1.82) is 0 Å². The van der Waals surface area contributed by atoms with Gasteiger partial charge in [-0.25, -0.2) is 0 Å². The number of benzene rings is 2. The van der Waals surface area contributed by atoms with E-state index >= 15 is 0 Å². The standard InChI is InChI=1S/C18H18ClNOS2/c19-16-4-1-3-13(11-16)12-20-17(21)14-5-7-15(8-6-14)18-22-9-2-10-23-18/h1,3-8,11,18H,2,9-10,12H2,(H,20,21). The summed E-state index contributed by atoms with van der Waals surface area (Å²) in [7, 11) is 0. The fourth-order valence-corrected chi connectivity index (χ4v) is 5.51. The highest BCUT2D eigenvalue weighted by Gasteiger charge is 2.16. The van der Waals surface area contributed by atoms with Gasteiger partial charge in [0.05, 0.1) is 4.58 Å². The Hall–Kier alpha value is -1.10. The molecule has 1 N–H and O–H groups in total. The highest BCUT2D eigenvalue weighted by atomic mass is 35.5. The predicted octanol–water partition coefficient (Wildman–Crippen LogP) is 5.14. The number of carbonyl (C=O) groups excluding carboxylic acids is 1. The van der Waals surface area contributed by atoms with Gasteiger partial charge in [0.2, 0.25) is 0 Å². The van der Waals surface area contributed by atoms with Crippen LogP contribution < -0.4 is 5.32 Å². The molecule has 1 aliphatic heterocycles. The summed E-state index contributed by atoms with van der Waals surface area (Å²) in [4.78, 5) is 12.2. The van der Waals surface area contributed by atoms with Crippen LogP contribution in [-0.2, 0) is 6.54 Å². The summed E-state index contributed by atoms with van der Waals surface area (Å²) in [6.45, 7) is 0.482. The first-order chi connectivity index (χ1) is 11.2. The van der Waals surface area contributed by atoms with Crippen LogP contribution in [0.1, 0.15) is 32.5 Å². The zero-order chi connectivity index (χ0) is 16.1. The molecular weight excluding hydrogens is 346 g/mol. The first-order valence-corrected chi connectivity index (χ1v) is 10.1. The molecule has 0 aliphatic carbocycles. The molecule has 1 heterocycles. The predicted molar refractivity (Wildman–Crippen MR) is 101 cm³/mol. The largest absolute Gasteiger partial charge is 0.348 e. The summed E-state index contributed by atoms with van der Waals surface area (Å²) < 4.78 is 0.507. The molecule has 1 saturated heterocycles. The number of hydrogen-bond donors (Lipinski definition) is 1. The SMILES string of the molecule is O=C(NCc1cccc(Cl)c1)c1ccc(C2SCCCS2)cc1. The Labute approximate surface area is 150 Å². The maximum absolute atomic E-state index is 12.2. The van der Waals surface area contributed by atoms with Crippen molar-refractivity contribution in [1.82, 2.24) is 5.32 Å². The zero-order valence-corrected chi connectivity index (χ0v) is 15.0. The van der Waals surface area contributed by atoms with E-state index in [4.69, 9.17) is 11.6 Å². The molecule has 3 rings (SSSR count). The van der Waals surface area contributed by atoms with Crippen molar-refractivity contribution in [3.8, 4) is 0 Å². The van der Waals surface area contributed by atoms with Gasteiger partial charge in [0.1, 0.15) is 0 Å². The maximum Gasteiger partial charge on any atom is 0.251 e. The summed E-state index contributed by atoms with van der Waals surface area (Å²) >= 11 is 9.93. The van der Waals surface area contributed by atoms with Gasteiger partial charge in [0, 0.05) is 17.1 Å². The van der Waals surface area contributed by atoms with Crippen LogP contribution in [0.3, 0.4) is 0 Å². The molecule has 5 heteroatoms. The third-order valence-electron chi connectivity index (χ3n) is 3.61. The number of rotatable bonds is 4. The van der Waals surface area contributed by atoms with E-state index < -0.39 is 0 Å². The second kappa shape index (κ2) is 8.13. The average molecular weight is 364 g/mol. The number of carbonyl (C=O) groups is 1. The second-order valence-electron chi connectivity index (χ2n) is 5.36. The van der Waals surface area contributed by atoms with E-state index in [2.05, 4.69) is 17.4 Å². The fraction of sp³-hybridized carbons (Fsp3) is 0.278. The molecule has 2 nitrogen and oxygen atoms in total. The lowest BCUT2D eigenvalue weighted by molar-refractivity contribution is 0.0951. The molecule has 0 aromatic heterocycles. The van der Waals surface area contributed by atoms with E-state index in [9.17, 15) is 4.79 Å². The normalized spacial score (nSPS) is 15.3. The van der Waals surface area contributed by atoms with Gasteiger partial charge in [0.25, 0.3) is 5.91 Å². The minimum absolute atomic E-state index is 0.0551. The molecular formula is C18H18ClNOS2. The molecule has 0 atom stereocenters. The summed E-state index contributed by atoms with van der Waals surface area (Å²) in [5.74, 6) is 2.39. The minimum atomic E-state index is -0.0551. The Morgan fingerprint density at radius 2 is 1.87 bits per heavy atom. The Balaban J connectivity index is 1.59. The molecule has 1 fully saturated rings. The van der Waals surface area contributed by atoms with Crippen molar-refractivity contribution < 1.29 is 4.79 Å². The van der Waals surface area contributed by atoms with Gasteiger partial charge in [-0.2, -0.15) is 0 Å². The molecule has 0 spiro atoms. The molecule has 0 unspecified atom stereocenters. The van der Waals surface area contributed by atoms with Gasteiger partial charge >= 0.3 is 0 Å². The summed E-state index contributed by atoms with van der Waals surface area (Å²) in [5.41, 5.74) is 2.99. The van der Waals surface area contributed by atoms with Crippen molar-refractivity contribution >= 4 is 41.0 Å². The number of halogens is 1. The van der Waals surface area contributed by atoms with E-state index in [1.165, 1.54) is 23.5 Å². The van der Waals surface area contributed by atoms with Gasteiger partial charge in [-0.15, -0.1) is 23.5 Å². The number of thioether (sulfide) groups is 2. The molecule has 2 aromatic carbocycles. The minimum Gasteiger partial charge on any atom is -0.348 e. The summed E-state index contributed by atoms with van der Waals surface area (Å²) in [6, 6.07) is 15.5. The first-order valence-electron chi connectivity index (χ1n) is 7.58. The second-order valence-corrected chi connectivity index (χ2v) is 8.52. The van der Waals surface area contributed by atoms with Gasteiger partial charge in [0.15, 0.2) is 0 Å². The lowest BCUT2D eigenvalue weighted by Crippen LogP contribution is -2.22. The van der Waals surface area contributed by atoms with Crippen LogP contribution >= 0.6 is 35.1 Å². The van der Waals surface area contributed by atoms with E-state index in [1.807, 2.05) is 59.9 Å². The van der Waals surface area contributed by atoms with E-state index in [-0.39, 0.29) is 5.91 Å². The Morgan fingerprint density at radius 1 is 1.13 bits per heavy atom. The van der Waals surface area contributed by atoms with Crippen molar-refractivity contribution in [2.75, 3.05) is 11.5 Å². The summed E-state index contributed by atoms with van der Waals surface area (Å²) in [5, 5.41) is 3.62. The van der Waals surface area contributed by atoms with Crippen LogP contribution in [-0.4, -0.2) is 17.4 Å². The van der Waals surface area contributed by atoms with Crippen LogP contribution in [0.4, 0.5) is 0 Å². The maximum atomic E-state index is 12.2. The Kier molecular flexibility index (Phi) is 5.92. The van der Waals surface area contributed by atoms with Crippen molar-refractivity contribution in [3.63, 3.8) is 0 Å². The molecule has 23 heavy (non-hydrogen) atoms. The Morgan fingerprint density at radius 3 is 2.57 bits per heavy atom. The topological polar surface area (TPSA) is 29.1 Å². The third kappa shape index (κ3) is 4.69. The Bertz CT molecular complexity index is 669. The lowest BCUT2D eigenvalue weighted by atomic mass is 10.1. The van der Waals surface area contributed by atoms with Gasteiger partial charge in [-0.1, -0.05) is 35.9 Å². The third-order valence-corrected chi connectivity index (χ3v) is 6.86. The van der Waals surface area contributed by atoms with E-state index in [0.717, 1.165) is 5.56 Å². The highest BCUT2D eigenvalue weighted by molar-refractivity contribution is 8.16. The fourth-order valence-electron chi connectivity index (χ4n) is 2.40. The molecule has 0 saturated carbocycles. The van der Waals surface area contributed by atoms with Crippen molar-refractivity contribution in [2.24, 2.45) is 0 Å². The van der Waals surface area contributed by atoms with Crippen LogP contribution in [0.5, 0.6) is 0 Å². The number of nitrogens with one attached hydrogen (secondary N) is 1. The molecule has 0 radical (unpaired) electrons. The van der Waals surface area contributed by atoms with E-state index in [0.29, 0.717) is 21.7 Å². The lowest BCUT2D eigenvalue weighted by Gasteiger charge is -2.21. The van der Waals surface area contributed by atoms with Crippen LogP contribution in [0.15, 0.2) is 48.5 Å². The number of hydrogen-bond acceptors (Lipinski definition) is 3. The van der Waals surface area contributed by atoms with Crippen molar-refractivity contribution in [3.05, 3.63) is 70.2 Å². The van der Waals surface area contributed by atoms with Gasteiger partial charge < -0.3 is 5.32 Å². The monoisotopic (exact) mass is 363 g/mol. The number of amides is 1.